The molecule has 0 bridgehead atoms. The summed E-state index contributed by atoms with van der Waals surface area (Å²) in [5.74, 6) is 0. The standard InChI is InChI=1S/C12H17NO2/c1-13(8-10-15)12-6-4-11(5-7-12)3-2-9-14/h2-7,14-15H,8-10H2,1H3. The van der Waals surface area contributed by atoms with Crippen LogP contribution in [0.5, 0.6) is 0 Å². The number of aliphatic hydroxyl groups is 2. The normalized spacial score (nSPS) is 10.9. The Morgan fingerprint density at radius 2 is 1.87 bits per heavy atom. The molecule has 0 aliphatic rings. The molecular weight excluding hydrogens is 190 g/mol. The van der Waals surface area contributed by atoms with Gasteiger partial charge in [0.2, 0.25) is 0 Å². The van der Waals surface area contributed by atoms with E-state index >= 15 is 0 Å². The molecule has 0 saturated carbocycles. The van der Waals surface area contributed by atoms with Gasteiger partial charge < -0.3 is 15.1 Å². The molecule has 0 aliphatic heterocycles. The van der Waals surface area contributed by atoms with Crippen LogP contribution in [-0.2, 0) is 0 Å². The predicted octanol–water partition coefficient (Wildman–Crippen LogP) is 1.12. The lowest BCUT2D eigenvalue weighted by Gasteiger charge is -2.17. The number of nitrogens with zero attached hydrogens (tertiary/aromatic N) is 1. The number of anilines is 1. The lowest BCUT2D eigenvalue weighted by atomic mass is 10.2. The van der Waals surface area contributed by atoms with E-state index in [1.165, 1.54) is 0 Å². The average Bonchev–Trinajstić information content (AvgIpc) is 2.27. The van der Waals surface area contributed by atoms with Crippen LogP contribution >= 0.6 is 0 Å². The van der Waals surface area contributed by atoms with Gasteiger partial charge in [0, 0.05) is 19.3 Å². The summed E-state index contributed by atoms with van der Waals surface area (Å²) in [5.41, 5.74) is 2.13. The summed E-state index contributed by atoms with van der Waals surface area (Å²) >= 11 is 0. The van der Waals surface area contributed by atoms with Gasteiger partial charge in [-0.15, -0.1) is 0 Å². The minimum atomic E-state index is 0.0617. The highest BCUT2D eigenvalue weighted by Crippen LogP contribution is 2.14. The van der Waals surface area contributed by atoms with E-state index in [9.17, 15) is 0 Å². The molecule has 0 saturated heterocycles. The third-order valence-corrected chi connectivity index (χ3v) is 2.18. The van der Waals surface area contributed by atoms with Gasteiger partial charge in [0.15, 0.2) is 0 Å². The van der Waals surface area contributed by atoms with Crippen LogP contribution in [0.3, 0.4) is 0 Å². The molecule has 0 fully saturated rings. The lowest BCUT2D eigenvalue weighted by Crippen LogP contribution is -2.20. The molecular formula is C12H17NO2. The van der Waals surface area contributed by atoms with E-state index in [1.54, 1.807) is 6.08 Å². The van der Waals surface area contributed by atoms with Crippen molar-refractivity contribution in [1.82, 2.24) is 0 Å². The number of aliphatic hydroxyl groups excluding tert-OH is 2. The summed E-state index contributed by atoms with van der Waals surface area (Å²) in [6, 6.07) is 7.95. The zero-order valence-corrected chi connectivity index (χ0v) is 8.93. The summed E-state index contributed by atoms with van der Waals surface area (Å²) in [6.45, 7) is 0.848. The van der Waals surface area contributed by atoms with E-state index in [4.69, 9.17) is 10.2 Å². The SMILES string of the molecule is CN(CCO)c1ccc(C=CCO)cc1. The van der Waals surface area contributed by atoms with Gasteiger partial charge in [-0.25, -0.2) is 0 Å². The molecule has 1 aromatic carbocycles. The third-order valence-electron chi connectivity index (χ3n) is 2.18. The molecule has 0 heterocycles. The second kappa shape index (κ2) is 6.22. The van der Waals surface area contributed by atoms with E-state index in [0.717, 1.165) is 11.3 Å². The monoisotopic (exact) mass is 207 g/mol. The number of likely N-dealkylation sites (N-methyl/N-ethyl adjacent to an activating group) is 1. The minimum absolute atomic E-state index is 0.0617. The number of hydrogen-bond donors (Lipinski definition) is 2. The maximum atomic E-state index is 8.79. The molecule has 0 spiro atoms. The van der Waals surface area contributed by atoms with Gasteiger partial charge in [-0.2, -0.15) is 0 Å². The first kappa shape index (κ1) is 11.8. The maximum absolute atomic E-state index is 8.79. The molecule has 0 radical (unpaired) electrons. The summed E-state index contributed by atoms with van der Waals surface area (Å²) in [5, 5.41) is 17.4. The summed E-state index contributed by atoms with van der Waals surface area (Å²) < 4.78 is 0. The van der Waals surface area contributed by atoms with E-state index in [2.05, 4.69) is 0 Å². The fraction of sp³-hybridized carbons (Fsp3) is 0.333. The summed E-state index contributed by atoms with van der Waals surface area (Å²) in [7, 11) is 1.94. The Morgan fingerprint density at radius 1 is 1.20 bits per heavy atom. The molecule has 2 N–H and O–H groups in total. The van der Waals surface area contributed by atoms with Gasteiger partial charge in [0.1, 0.15) is 0 Å². The summed E-state index contributed by atoms with van der Waals surface area (Å²) in [6.07, 6.45) is 3.57. The van der Waals surface area contributed by atoms with Crippen LogP contribution in [0.1, 0.15) is 5.56 Å². The lowest BCUT2D eigenvalue weighted by molar-refractivity contribution is 0.304. The predicted molar refractivity (Wildman–Crippen MR) is 62.9 cm³/mol. The van der Waals surface area contributed by atoms with Crippen molar-refractivity contribution in [3.8, 4) is 0 Å². The Hall–Kier alpha value is -1.32. The smallest absolute Gasteiger partial charge is 0.0615 e. The first-order valence-electron chi connectivity index (χ1n) is 4.97. The molecule has 3 heteroatoms. The Labute approximate surface area is 90.3 Å². The van der Waals surface area contributed by atoms with Crippen molar-refractivity contribution in [3.63, 3.8) is 0 Å². The quantitative estimate of drug-likeness (QED) is 0.760. The van der Waals surface area contributed by atoms with Crippen LogP contribution in [0.4, 0.5) is 5.69 Å². The molecule has 3 nitrogen and oxygen atoms in total. The molecule has 1 aromatic rings. The van der Waals surface area contributed by atoms with Crippen molar-refractivity contribution in [1.29, 1.82) is 0 Å². The van der Waals surface area contributed by atoms with Crippen molar-refractivity contribution < 1.29 is 10.2 Å². The largest absolute Gasteiger partial charge is 0.395 e. The van der Waals surface area contributed by atoms with Gasteiger partial charge in [-0.05, 0) is 17.7 Å². The van der Waals surface area contributed by atoms with Gasteiger partial charge in [-0.1, -0.05) is 24.3 Å². The second-order valence-electron chi connectivity index (χ2n) is 3.32. The fourth-order valence-corrected chi connectivity index (χ4v) is 1.31. The van der Waals surface area contributed by atoms with Crippen LogP contribution in [-0.4, -0.2) is 37.0 Å². The highest BCUT2D eigenvalue weighted by Gasteiger charge is 1.98. The average molecular weight is 207 g/mol. The third kappa shape index (κ3) is 3.73. The number of hydrogen-bond acceptors (Lipinski definition) is 3. The maximum Gasteiger partial charge on any atom is 0.0615 e. The van der Waals surface area contributed by atoms with Gasteiger partial charge in [0.05, 0.1) is 13.2 Å². The Kier molecular flexibility index (Phi) is 4.87. The number of benzene rings is 1. The Morgan fingerprint density at radius 3 is 2.40 bits per heavy atom. The Bertz CT molecular complexity index is 306. The van der Waals surface area contributed by atoms with Crippen molar-refractivity contribution in [2.75, 3.05) is 31.7 Å². The van der Waals surface area contributed by atoms with Gasteiger partial charge in [-0.3, -0.25) is 0 Å². The van der Waals surface area contributed by atoms with Gasteiger partial charge in [0.25, 0.3) is 0 Å². The van der Waals surface area contributed by atoms with Crippen LogP contribution in [0.25, 0.3) is 6.08 Å². The van der Waals surface area contributed by atoms with Gasteiger partial charge >= 0.3 is 0 Å². The van der Waals surface area contributed by atoms with E-state index < -0.39 is 0 Å². The fourth-order valence-electron chi connectivity index (χ4n) is 1.31. The van der Waals surface area contributed by atoms with Crippen LogP contribution in [0, 0.1) is 0 Å². The first-order valence-corrected chi connectivity index (χ1v) is 4.97. The number of rotatable bonds is 5. The molecule has 0 atom stereocenters. The van der Waals surface area contributed by atoms with Crippen molar-refractivity contribution in [3.05, 3.63) is 35.9 Å². The topological polar surface area (TPSA) is 43.7 Å². The summed E-state index contributed by atoms with van der Waals surface area (Å²) in [4.78, 5) is 1.99. The molecule has 1 rings (SSSR count). The van der Waals surface area contributed by atoms with Crippen LogP contribution < -0.4 is 4.90 Å². The first-order chi connectivity index (χ1) is 7.27. The zero-order valence-electron chi connectivity index (χ0n) is 8.93. The molecule has 0 aliphatic carbocycles. The molecule has 0 amide bonds. The Balaban J connectivity index is 2.67. The van der Waals surface area contributed by atoms with E-state index in [-0.39, 0.29) is 13.2 Å². The highest BCUT2D eigenvalue weighted by molar-refractivity contribution is 5.55. The highest BCUT2D eigenvalue weighted by atomic mass is 16.3. The van der Waals surface area contributed by atoms with Crippen molar-refractivity contribution in [2.45, 2.75) is 0 Å². The zero-order chi connectivity index (χ0) is 11.1. The molecule has 82 valence electrons. The van der Waals surface area contributed by atoms with E-state index in [0.29, 0.717) is 6.54 Å². The van der Waals surface area contributed by atoms with E-state index in [1.807, 2.05) is 42.3 Å². The molecule has 0 aromatic heterocycles. The van der Waals surface area contributed by atoms with Crippen molar-refractivity contribution >= 4 is 11.8 Å². The van der Waals surface area contributed by atoms with Crippen LogP contribution in [0.2, 0.25) is 0 Å². The molecule has 15 heavy (non-hydrogen) atoms. The molecule has 0 unspecified atom stereocenters. The minimum Gasteiger partial charge on any atom is -0.395 e. The second-order valence-corrected chi connectivity index (χ2v) is 3.32. The van der Waals surface area contributed by atoms with Crippen LogP contribution in [0.15, 0.2) is 30.3 Å². The van der Waals surface area contributed by atoms with Crippen molar-refractivity contribution in [2.24, 2.45) is 0 Å².